The number of hydrogen-bond donors (Lipinski definition) is 1. The lowest BCUT2D eigenvalue weighted by Gasteiger charge is -2.16. The summed E-state index contributed by atoms with van der Waals surface area (Å²) in [5, 5.41) is 12.2. The molecule has 0 bridgehead atoms. The van der Waals surface area contributed by atoms with Gasteiger partial charge in [0.05, 0.1) is 12.3 Å². The number of benzene rings is 2. The largest absolute Gasteiger partial charge is 0.355 e. The first-order chi connectivity index (χ1) is 14.6. The van der Waals surface area contributed by atoms with Gasteiger partial charge in [-0.2, -0.15) is 0 Å². The van der Waals surface area contributed by atoms with Crippen molar-refractivity contribution in [1.29, 1.82) is 0 Å². The summed E-state index contributed by atoms with van der Waals surface area (Å²) < 4.78 is 2.05. The van der Waals surface area contributed by atoms with Gasteiger partial charge in [-0.05, 0) is 38.1 Å². The van der Waals surface area contributed by atoms with E-state index in [9.17, 15) is 4.79 Å². The number of nitrogens with one attached hydrogen (secondary N) is 1. The van der Waals surface area contributed by atoms with Crippen molar-refractivity contribution in [2.45, 2.75) is 31.6 Å². The van der Waals surface area contributed by atoms with Crippen LogP contribution in [-0.2, 0) is 17.9 Å². The molecule has 0 spiro atoms. The first-order valence-electron chi connectivity index (χ1n) is 10.2. The highest BCUT2D eigenvalue weighted by atomic mass is 32.2. The molecule has 1 N–H and O–H groups in total. The van der Waals surface area contributed by atoms with Crippen LogP contribution in [0.3, 0.4) is 0 Å². The monoisotopic (exact) mass is 423 g/mol. The van der Waals surface area contributed by atoms with Crippen LogP contribution in [0.15, 0.2) is 65.8 Å². The highest BCUT2D eigenvalue weighted by Crippen LogP contribution is 2.18. The topological polar surface area (TPSA) is 63.1 Å². The lowest BCUT2D eigenvalue weighted by atomic mass is 10.2. The summed E-state index contributed by atoms with van der Waals surface area (Å²) in [6.45, 7) is 5.17. The second-order valence-corrected chi connectivity index (χ2v) is 8.26. The Morgan fingerprint density at radius 3 is 2.40 bits per heavy atom. The lowest BCUT2D eigenvalue weighted by Crippen LogP contribution is -2.29. The van der Waals surface area contributed by atoms with Gasteiger partial charge in [-0.15, -0.1) is 10.2 Å². The van der Waals surface area contributed by atoms with E-state index in [4.69, 9.17) is 0 Å². The number of nitrogens with zero attached hydrogens (tertiary/aromatic N) is 4. The highest BCUT2D eigenvalue weighted by molar-refractivity contribution is 7.99. The fraction of sp³-hybridized carbons (Fsp3) is 0.348. The number of aryl methyl sites for hydroxylation is 1. The Morgan fingerprint density at radius 1 is 1.03 bits per heavy atom. The standard InChI is InChI=1S/C23H29N5OS/c1-19-25-26-23(28(19)17-21-12-7-4-8-13-21)30-18-22(29)24-14-9-15-27(2)16-20-10-5-3-6-11-20/h3-8,10-13H,9,14-18H2,1-2H3,(H,24,29). The summed E-state index contributed by atoms with van der Waals surface area (Å²) >= 11 is 1.43. The molecule has 0 atom stereocenters. The number of rotatable bonds is 11. The SMILES string of the molecule is Cc1nnc(SCC(=O)NCCCN(C)Cc2ccccc2)n1Cc1ccccc1. The van der Waals surface area contributed by atoms with Gasteiger partial charge in [-0.1, -0.05) is 72.4 Å². The Kier molecular flexibility index (Phi) is 8.47. The van der Waals surface area contributed by atoms with Crippen molar-refractivity contribution in [3.05, 3.63) is 77.6 Å². The number of hydrogen-bond acceptors (Lipinski definition) is 5. The molecule has 3 aromatic rings. The molecule has 0 aliphatic rings. The molecule has 1 amide bonds. The molecule has 30 heavy (non-hydrogen) atoms. The maximum absolute atomic E-state index is 12.2. The third kappa shape index (κ3) is 7.00. The maximum atomic E-state index is 12.2. The molecule has 3 rings (SSSR count). The Bertz CT molecular complexity index is 914. The van der Waals surface area contributed by atoms with E-state index in [0.717, 1.165) is 30.5 Å². The minimum Gasteiger partial charge on any atom is -0.355 e. The molecule has 158 valence electrons. The zero-order chi connectivity index (χ0) is 21.2. The van der Waals surface area contributed by atoms with Crippen molar-refractivity contribution in [3.63, 3.8) is 0 Å². The number of thioether (sulfide) groups is 1. The fourth-order valence-corrected chi connectivity index (χ4v) is 3.96. The fourth-order valence-electron chi connectivity index (χ4n) is 3.15. The second-order valence-electron chi connectivity index (χ2n) is 7.32. The van der Waals surface area contributed by atoms with E-state index in [0.29, 0.717) is 18.8 Å². The lowest BCUT2D eigenvalue weighted by molar-refractivity contribution is -0.118. The molecule has 0 unspecified atom stereocenters. The molecule has 0 saturated heterocycles. The summed E-state index contributed by atoms with van der Waals surface area (Å²) in [5.41, 5.74) is 2.49. The second kappa shape index (κ2) is 11.5. The zero-order valence-corrected chi connectivity index (χ0v) is 18.4. The number of carbonyl (C=O) groups is 1. The van der Waals surface area contributed by atoms with Crippen molar-refractivity contribution < 1.29 is 4.79 Å². The first kappa shape index (κ1) is 22.1. The van der Waals surface area contributed by atoms with Gasteiger partial charge in [0, 0.05) is 13.1 Å². The highest BCUT2D eigenvalue weighted by Gasteiger charge is 2.12. The molecule has 7 heteroatoms. The van der Waals surface area contributed by atoms with Crippen molar-refractivity contribution in [1.82, 2.24) is 25.0 Å². The van der Waals surface area contributed by atoms with Gasteiger partial charge in [0.25, 0.3) is 0 Å². The summed E-state index contributed by atoms with van der Waals surface area (Å²) in [4.78, 5) is 14.5. The van der Waals surface area contributed by atoms with Gasteiger partial charge >= 0.3 is 0 Å². The Hall–Kier alpha value is -2.64. The maximum Gasteiger partial charge on any atom is 0.230 e. The Morgan fingerprint density at radius 2 is 1.70 bits per heavy atom. The molecule has 6 nitrogen and oxygen atoms in total. The summed E-state index contributed by atoms with van der Waals surface area (Å²) in [6, 6.07) is 20.6. The third-order valence-corrected chi connectivity index (χ3v) is 5.72. The molecule has 0 radical (unpaired) electrons. The van der Waals surface area contributed by atoms with Crippen LogP contribution in [0.2, 0.25) is 0 Å². The van der Waals surface area contributed by atoms with Gasteiger partial charge in [0.2, 0.25) is 5.91 Å². The molecule has 1 heterocycles. The van der Waals surface area contributed by atoms with Crippen molar-refractivity contribution >= 4 is 17.7 Å². The van der Waals surface area contributed by atoms with Gasteiger partial charge in [-0.25, -0.2) is 0 Å². The average Bonchev–Trinajstić information content (AvgIpc) is 3.10. The molecule has 1 aromatic heterocycles. The zero-order valence-electron chi connectivity index (χ0n) is 17.6. The first-order valence-corrected chi connectivity index (χ1v) is 11.2. The predicted octanol–water partition coefficient (Wildman–Crippen LogP) is 3.37. The van der Waals surface area contributed by atoms with Crippen LogP contribution in [0.1, 0.15) is 23.4 Å². The van der Waals surface area contributed by atoms with Crippen LogP contribution in [0.4, 0.5) is 0 Å². The van der Waals surface area contributed by atoms with E-state index in [1.54, 1.807) is 0 Å². The normalized spacial score (nSPS) is 11.0. The van der Waals surface area contributed by atoms with E-state index in [1.165, 1.54) is 22.9 Å². The van der Waals surface area contributed by atoms with Crippen molar-refractivity contribution in [2.24, 2.45) is 0 Å². The minimum atomic E-state index is 0.0256. The van der Waals surface area contributed by atoms with E-state index >= 15 is 0 Å². The van der Waals surface area contributed by atoms with E-state index in [-0.39, 0.29) is 5.91 Å². The minimum absolute atomic E-state index is 0.0256. The third-order valence-electron chi connectivity index (χ3n) is 4.75. The van der Waals surface area contributed by atoms with Gasteiger partial charge in [-0.3, -0.25) is 4.79 Å². The Balaban J connectivity index is 1.37. The number of aromatic nitrogens is 3. The van der Waals surface area contributed by atoms with Crippen molar-refractivity contribution in [2.75, 3.05) is 25.9 Å². The van der Waals surface area contributed by atoms with Gasteiger partial charge in [0.1, 0.15) is 5.82 Å². The van der Waals surface area contributed by atoms with E-state index < -0.39 is 0 Å². The van der Waals surface area contributed by atoms with Crippen LogP contribution >= 0.6 is 11.8 Å². The van der Waals surface area contributed by atoms with Crippen LogP contribution in [0, 0.1) is 6.92 Å². The summed E-state index contributed by atoms with van der Waals surface area (Å²) in [7, 11) is 2.10. The summed E-state index contributed by atoms with van der Waals surface area (Å²) in [5.74, 6) is 1.22. The van der Waals surface area contributed by atoms with Crippen LogP contribution in [-0.4, -0.2) is 51.5 Å². The quantitative estimate of drug-likeness (QED) is 0.378. The van der Waals surface area contributed by atoms with Crippen LogP contribution in [0.25, 0.3) is 0 Å². The van der Waals surface area contributed by atoms with E-state index in [2.05, 4.69) is 63.9 Å². The van der Waals surface area contributed by atoms with Crippen LogP contribution < -0.4 is 5.32 Å². The smallest absolute Gasteiger partial charge is 0.230 e. The molecule has 0 fully saturated rings. The predicted molar refractivity (Wildman–Crippen MR) is 121 cm³/mol. The van der Waals surface area contributed by atoms with Gasteiger partial charge < -0.3 is 14.8 Å². The Labute approximate surface area is 182 Å². The van der Waals surface area contributed by atoms with E-state index in [1.807, 2.05) is 35.8 Å². The molecule has 0 aliphatic heterocycles. The number of carbonyl (C=O) groups excluding carboxylic acids is 1. The molecule has 0 saturated carbocycles. The average molecular weight is 424 g/mol. The number of amides is 1. The molecular weight excluding hydrogens is 394 g/mol. The summed E-state index contributed by atoms with van der Waals surface area (Å²) in [6.07, 6.45) is 0.920. The molecule has 2 aromatic carbocycles. The van der Waals surface area contributed by atoms with Crippen molar-refractivity contribution in [3.8, 4) is 0 Å². The molecule has 0 aliphatic carbocycles. The molecular formula is C23H29N5OS. The van der Waals surface area contributed by atoms with Gasteiger partial charge in [0.15, 0.2) is 5.16 Å². The van der Waals surface area contributed by atoms with Crippen LogP contribution in [0.5, 0.6) is 0 Å².